The quantitative estimate of drug-likeness (QED) is 0.932. The summed E-state index contributed by atoms with van der Waals surface area (Å²) in [4.78, 5) is 11.1. The number of aromatic nitrogens is 2. The highest BCUT2D eigenvalue weighted by molar-refractivity contribution is 5.34. The third-order valence-corrected chi connectivity index (χ3v) is 3.74. The summed E-state index contributed by atoms with van der Waals surface area (Å²) in [6.07, 6.45) is 1.42. The number of anilines is 1. The van der Waals surface area contributed by atoms with Crippen LogP contribution in [0.5, 0.6) is 0 Å². The predicted octanol–water partition coefficient (Wildman–Crippen LogP) is 1.76. The summed E-state index contributed by atoms with van der Waals surface area (Å²) >= 11 is 0. The molecule has 1 aliphatic heterocycles. The van der Waals surface area contributed by atoms with Crippen LogP contribution in [0.1, 0.15) is 17.4 Å². The molecule has 2 heterocycles. The minimum Gasteiger partial charge on any atom is -0.370 e. The van der Waals surface area contributed by atoms with Crippen molar-refractivity contribution < 1.29 is 9.13 Å². The van der Waals surface area contributed by atoms with E-state index in [1.807, 2.05) is 6.07 Å². The van der Waals surface area contributed by atoms with Gasteiger partial charge in [0.25, 0.3) is 0 Å². The van der Waals surface area contributed by atoms with Crippen molar-refractivity contribution in [2.45, 2.75) is 6.10 Å². The zero-order chi connectivity index (χ0) is 15.4. The molecule has 1 N–H and O–H groups in total. The first-order chi connectivity index (χ1) is 10.8. The van der Waals surface area contributed by atoms with Crippen LogP contribution in [0.15, 0.2) is 36.5 Å². The molecule has 1 fully saturated rings. The van der Waals surface area contributed by atoms with Gasteiger partial charge >= 0.3 is 0 Å². The lowest BCUT2D eigenvalue weighted by atomic mass is 10.1. The van der Waals surface area contributed by atoms with Crippen LogP contribution in [0.25, 0.3) is 0 Å². The van der Waals surface area contributed by atoms with Crippen molar-refractivity contribution in [1.29, 1.82) is 0 Å². The van der Waals surface area contributed by atoms with Crippen LogP contribution >= 0.6 is 0 Å². The Hall–Kier alpha value is -2.05. The number of hydrogen-bond donors (Lipinski definition) is 1. The van der Waals surface area contributed by atoms with Gasteiger partial charge < -0.3 is 15.0 Å². The van der Waals surface area contributed by atoms with Gasteiger partial charge in [0.1, 0.15) is 11.9 Å². The van der Waals surface area contributed by atoms with Gasteiger partial charge in [0.2, 0.25) is 5.95 Å². The van der Waals surface area contributed by atoms with E-state index in [9.17, 15) is 4.39 Å². The number of methoxy groups -OCH3 is 1. The lowest BCUT2D eigenvalue weighted by Gasteiger charge is -2.28. The molecule has 1 aliphatic rings. The number of halogens is 1. The number of benzene rings is 1. The number of hydrogen-bond acceptors (Lipinski definition) is 5. The molecule has 2 aromatic rings. The van der Waals surface area contributed by atoms with Crippen molar-refractivity contribution in [1.82, 2.24) is 15.3 Å². The van der Waals surface area contributed by atoms with Gasteiger partial charge in [-0.15, -0.1) is 0 Å². The van der Waals surface area contributed by atoms with E-state index in [-0.39, 0.29) is 11.9 Å². The number of rotatable bonds is 4. The minimum atomic E-state index is -0.328. The maximum atomic E-state index is 13.1. The molecule has 3 rings (SSSR count). The van der Waals surface area contributed by atoms with Crippen LogP contribution < -0.4 is 10.2 Å². The topological polar surface area (TPSA) is 50.3 Å². The largest absolute Gasteiger partial charge is 0.370 e. The third-order valence-electron chi connectivity index (χ3n) is 3.74. The molecule has 22 heavy (non-hydrogen) atoms. The summed E-state index contributed by atoms with van der Waals surface area (Å²) in [6.45, 7) is 3.63. The van der Waals surface area contributed by atoms with E-state index >= 15 is 0 Å². The Balaban J connectivity index is 1.87. The monoisotopic (exact) mass is 302 g/mol. The van der Waals surface area contributed by atoms with Crippen LogP contribution in [-0.2, 0) is 4.74 Å². The fraction of sp³-hybridized carbons (Fsp3) is 0.375. The Morgan fingerprint density at radius 3 is 2.59 bits per heavy atom. The van der Waals surface area contributed by atoms with E-state index in [4.69, 9.17) is 4.74 Å². The normalized spacial score (nSPS) is 16.5. The second-order valence-electron chi connectivity index (χ2n) is 5.19. The smallest absolute Gasteiger partial charge is 0.225 e. The highest BCUT2D eigenvalue weighted by Gasteiger charge is 2.18. The molecule has 0 saturated carbocycles. The summed E-state index contributed by atoms with van der Waals surface area (Å²) in [5, 5.41) is 3.31. The molecule has 1 saturated heterocycles. The first-order valence-electron chi connectivity index (χ1n) is 7.35. The Labute approximate surface area is 129 Å². The molecule has 5 nitrogen and oxygen atoms in total. The zero-order valence-corrected chi connectivity index (χ0v) is 12.5. The second-order valence-corrected chi connectivity index (χ2v) is 5.19. The fourth-order valence-corrected chi connectivity index (χ4v) is 2.59. The third kappa shape index (κ3) is 3.23. The first-order valence-corrected chi connectivity index (χ1v) is 7.35. The van der Waals surface area contributed by atoms with Crippen LogP contribution in [0.3, 0.4) is 0 Å². The molecule has 0 spiro atoms. The average Bonchev–Trinajstić information content (AvgIpc) is 2.58. The molecule has 0 radical (unpaired) electrons. The lowest BCUT2D eigenvalue weighted by molar-refractivity contribution is 0.133. The van der Waals surface area contributed by atoms with Gasteiger partial charge in [0, 0.05) is 39.5 Å². The van der Waals surface area contributed by atoms with Crippen molar-refractivity contribution in [2.75, 3.05) is 38.2 Å². The first kappa shape index (κ1) is 14.9. The van der Waals surface area contributed by atoms with Gasteiger partial charge in [0.05, 0.1) is 5.69 Å². The van der Waals surface area contributed by atoms with Crippen LogP contribution in [0, 0.1) is 5.82 Å². The van der Waals surface area contributed by atoms with Gasteiger partial charge in [-0.05, 0) is 23.8 Å². The Morgan fingerprint density at radius 2 is 1.91 bits per heavy atom. The van der Waals surface area contributed by atoms with Gasteiger partial charge in [-0.3, -0.25) is 0 Å². The molecular weight excluding hydrogens is 283 g/mol. The van der Waals surface area contributed by atoms with Crippen molar-refractivity contribution >= 4 is 5.95 Å². The van der Waals surface area contributed by atoms with Gasteiger partial charge in [-0.1, -0.05) is 12.1 Å². The summed E-state index contributed by atoms with van der Waals surface area (Å²) < 4.78 is 18.6. The Morgan fingerprint density at radius 1 is 1.18 bits per heavy atom. The van der Waals surface area contributed by atoms with Crippen molar-refractivity contribution in [3.05, 3.63) is 53.6 Å². The number of ether oxygens (including phenoxy) is 1. The fourth-order valence-electron chi connectivity index (χ4n) is 2.59. The number of nitrogens with one attached hydrogen (secondary N) is 1. The summed E-state index contributed by atoms with van der Waals surface area (Å²) in [6, 6.07) is 8.13. The SMILES string of the molecule is COC(c1ccc(F)cc1)c1ccnc(N2CCNCC2)n1. The predicted molar refractivity (Wildman–Crippen MR) is 82.4 cm³/mol. The summed E-state index contributed by atoms with van der Waals surface area (Å²) in [5.41, 5.74) is 1.64. The van der Waals surface area contributed by atoms with E-state index < -0.39 is 0 Å². The Kier molecular flexibility index (Phi) is 4.60. The standard InChI is InChI=1S/C16H19FN4O/c1-22-15(12-2-4-13(17)5-3-12)14-6-7-19-16(20-14)21-10-8-18-9-11-21/h2-7,15,18H,8-11H2,1H3. The average molecular weight is 302 g/mol. The molecule has 1 unspecified atom stereocenters. The van der Waals surface area contributed by atoms with Gasteiger partial charge in [0.15, 0.2) is 0 Å². The molecule has 0 aliphatic carbocycles. The molecule has 116 valence electrons. The second kappa shape index (κ2) is 6.81. The van der Waals surface area contributed by atoms with Crippen molar-refractivity contribution in [3.63, 3.8) is 0 Å². The van der Waals surface area contributed by atoms with Crippen molar-refractivity contribution in [3.8, 4) is 0 Å². The molecule has 0 bridgehead atoms. The Bertz CT molecular complexity index is 614. The van der Waals surface area contributed by atoms with E-state index in [0.717, 1.165) is 37.4 Å². The van der Waals surface area contributed by atoms with E-state index in [2.05, 4.69) is 20.2 Å². The minimum absolute atomic E-state index is 0.261. The van der Waals surface area contributed by atoms with Crippen molar-refractivity contribution in [2.24, 2.45) is 0 Å². The molecule has 6 heteroatoms. The molecular formula is C16H19FN4O. The zero-order valence-electron chi connectivity index (χ0n) is 12.5. The summed E-state index contributed by atoms with van der Waals surface area (Å²) in [7, 11) is 1.63. The van der Waals surface area contributed by atoms with Crippen LogP contribution in [0.2, 0.25) is 0 Å². The highest BCUT2D eigenvalue weighted by atomic mass is 19.1. The summed E-state index contributed by atoms with van der Waals surface area (Å²) in [5.74, 6) is 0.450. The van der Waals surface area contributed by atoms with E-state index in [1.165, 1.54) is 12.1 Å². The number of nitrogens with zero attached hydrogens (tertiary/aromatic N) is 3. The van der Waals surface area contributed by atoms with E-state index in [0.29, 0.717) is 5.95 Å². The molecule has 1 atom stereocenters. The molecule has 1 aromatic carbocycles. The van der Waals surface area contributed by atoms with Crippen LogP contribution in [-0.4, -0.2) is 43.3 Å². The molecule has 0 amide bonds. The maximum absolute atomic E-state index is 13.1. The highest BCUT2D eigenvalue weighted by Crippen LogP contribution is 2.25. The van der Waals surface area contributed by atoms with Gasteiger partial charge in [-0.25, -0.2) is 14.4 Å². The van der Waals surface area contributed by atoms with Gasteiger partial charge in [-0.2, -0.15) is 0 Å². The van der Waals surface area contributed by atoms with Crippen LogP contribution in [0.4, 0.5) is 10.3 Å². The maximum Gasteiger partial charge on any atom is 0.225 e. The number of piperazine rings is 1. The van der Waals surface area contributed by atoms with E-state index in [1.54, 1.807) is 25.4 Å². The molecule has 1 aromatic heterocycles. The lowest BCUT2D eigenvalue weighted by Crippen LogP contribution is -2.44.